The van der Waals surface area contributed by atoms with E-state index in [0.29, 0.717) is 18.9 Å². The third-order valence-corrected chi connectivity index (χ3v) is 7.35. The number of hydrogen-bond donors (Lipinski definition) is 3. The Bertz CT molecular complexity index is 823. The molecule has 1 aromatic rings. The number of piperidine rings is 1. The van der Waals surface area contributed by atoms with Crippen LogP contribution in [0.25, 0.3) is 0 Å². The highest BCUT2D eigenvalue weighted by atomic mass is 32.2. The molecule has 2 aliphatic rings. The molecule has 1 aromatic heterocycles. The zero-order valence-electron chi connectivity index (χ0n) is 18.9. The van der Waals surface area contributed by atoms with Crippen molar-refractivity contribution in [3.63, 3.8) is 0 Å². The number of nitrogen functional groups attached to an aromatic ring is 1. The standard InChI is InChI=1S/C21H35N5O3S/c1-19(2,3)29-18(27)26-11-9-21(10-12-26)13-15-14(7-8-16(23-15)24-22)17(21)25-30(28)20(4,5)6/h7-8,17,25H,9-13,22H2,1-6H3,(H,23,24)/t17-,30?/m1/s1. The number of nitrogens with zero attached hydrogens (tertiary/aromatic N) is 2. The van der Waals surface area contributed by atoms with Crippen molar-refractivity contribution in [2.45, 2.75) is 77.2 Å². The lowest BCUT2D eigenvalue weighted by atomic mass is 9.73. The van der Waals surface area contributed by atoms with Gasteiger partial charge in [0.1, 0.15) is 11.4 Å². The van der Waals surface area contributed by atoms with Crippen molar-refractivity contribution in [1.29, 1.82) is 0 Å². The summed E-state index contributed by atoms with van der Waals surface area (Å²) in [6.07, 6.45) is 2.06. The predicted molar refractivity (Wildman–Crippen MR) is 119 cm³/mol. The number of pyridine rings is 1. The van der Waals surface area contributed by atoms with E-state index in [1.165, 1.54) is 0 Å². The van der Waals surface area contributed by atoms with Crippen molar-refractivity contribution < 1.29 is 13.7 Å². The van der Waals surface area contributed by atoms with Gasteiger partial charge in [-0.1, -0.05) is 6.07 Å². The lowest BCUT2D eigenvalue weighted by Gasteiger charge is -2.43. The topological polar surface area (TPSA) is 110 Å². The van der Waals surface area contributed by atoms with Gasteiger partial charge >= 0.3 is 6.09 Å². The molecule has 30 heavy (non-hydrogen) atoms. The molecule has 1 saturated heterocycles. The molecule has 2 heterocycles. The van der Waals surface area contributed by atoms with Crippen LogP contribution in [0.5, 0.6) is 0 Å². The molecule has 0 saturated carbocycles. The first kappa shape index (κ1) is 23.0. The number of fused-ring (bicyclic) bond motifs is 1. The summed E-state index contributed by atoms with van der Waals surface area (Å²) in [5, 5.41) is 0. The first-order chi connectivity index (χ1) is 13.8. The van der Waals surface area contributed by atoms with Crippen molar-refractivity contribution in [1.82, 2.24) is 14.6 Å². The number of carbonyl (C=O) groups excluding carboxylic acids is 1. The molecule has 8 nitrogen and oxygen atoms in total. The maximum Gasteiger partial charge on any atom is 0.410 e. The summed E-state index contributed by atoms with van der Waals surface area (Å²) in [6.45, 7) is 12.7. The van der Waals surface area contributed by atoms with Crippen LogP contribution in [0.2, 0.25) is 0 Å². The number of rotatable bonds is 3. The lowest BCUT2D eigenvalue weighted by Crippen LogP contribution is -2.49. The third-order valence-electron chi connectivity index (χ3n) is 5.79. The van der Waals surface area contributed by atoms with Crippen molar-refractivity contribution >= 4 is 22.9 Å². The number of nitrogens with one attached hydrogen (secondary N) is 2. The lowest BCUT2D eigenvalue weighted by molar-refractivity contribution is 0.00719. The Hall–Kier alpha value is -1.71. The molecule has 9 heteroatoms. The van der Waals surface area contributed by atoms with Gasteiger partial charge in [-0.15, -0.1) is 0 Å². The Labute approximate surface area is 181 Å². The largest absolute Gasteiger partial charge is 0.444 e. The molecule has 2 atom stereocenters. The van der Waals surface area contributed by atoms with Crippen LogP contribution in [-0.4, -0.2) is 43.6 Å². The summed E-state index contributed by atoms with van der Waals surface area (Å²) in [7, 11) is -1.22. The molecular formula is C21H35N5O3S. The Balaban J connectivity index is 1.84. The van der Waals surface area contributed by atoms with E-state index < -0.39 is 16.6 Å². The van der Waals surface area contributed by atoms with E-state index in [4.69, 9.17) is 10.6 Å². The highest BCUT2D eigenvalue weighted by molar-refractivity contribution is 7.84. The quantitative estimate of drug-likeness (QED) is 0.495. The van der Waals surface area contributed by atoms with Crippen LogP contribution in [0, 0.1) is 5.41 Å². The number of hydrogen-bond acceptors (Lipinski definition) is 6. The van der Waals surface area contributed by atoms with Gasteiger partial charge in [-0.05, 0) is 77.8 Å². The van der Waals surface area contributed by atoms with E-state index in [2.05, 4.69) is 15.1 Å². The molecule has 168 valence electrons. The minimum absolute atomic E-state index is 0.0901. The van der Waals surface area contributed by atoms with Crippen LogP contribution in [0.3, 0.4) is 0 Å². The monoisotopic (exact) mass is 437 g/mol. The number of nitrogens with two attached hydrogens (primary N) is 1. The zero-order valence-corrected chi connectivity index (χ0v) is 19.7. The first-order valence-electron chi connectivity index (χ1n) is 10.5. The van der Waals surface area contributed by atoms with Crippen molar-refractivity contribution in [2.24, 2.45) is 11.3 Å². The smallest absolute Gasteiger partial charge is 0.410 e. The predicted octanol–water partition coefficient (Wildman–Crippen LogP) is 3.03. The average molecular weight is 438 g/mol. The summed E-state index contributed by atoms with van der Waals surface area (Å²) in [5.74, 6) is 6.17. The van der Waals surface area contributed by atoms with E-state index in [0.717, 1.165) is 30.5 Å². The van der Waals surface area contributed by atoms with Gasteiger partial charge in [0.25, 0.3) is 0 Å². The molecule has 0 bridgehead atoms. The second-order valence-electron chi connectivity index (χ2n) is 10.3. The van der Waals surface area contributed by atoms with Crippen molar-refractivity contribution in [3.05, 3.63) is 23.4 Å². The van der Waals surface area contributed by atoms with Gasteiger partial charge in [-0.3, -0.25) is 0 Å². The van der Waals surface area contributed by atoms with Gasteiger partial charge in [0, 0.05) is 18.8 Å². The number of aromatic nitrogens is 1. The molecule has 1 aliphatic carbocycles. The van der Waals surface area contributed by atoms with E-state index in [-0.39, 0.29) is 22.3 Å². The average Bonchev–Trinajstić information content (AvgIpc) is 2.92. The Kier molecular flexibility index (Phi) is 6.19. The molecule has 3 rings (SSSR count). The minimum atomic E-state index is -1.22. The van der Waals surface area contributed by atoms with Crippen molar-refractivity contribution in [3.8, 4) is 0 Å². The second kappa shape index (κ2) is 8.09. The minimum Gasteiger partial charge on any atom is -0.444 e. The van der Waals surface area contributed by atoms with Crippen LogP contribution < -0.4 is 16.0 Å². The highest BCUT2D eigenvalue weighted by Crippen LogP contribution is 2.52. The van der Waals surface area contributed by atoms with Gasteiger partial charge in [0.15, 0.2) is 0 Å². The number of carbonyl (C=O) groups is 1. The van der Waals surface area contributed by atoms with Crippen LogP contribution in [0.15, 0.2) is 12.1 Å². The summed E-state index contributed by atoms with van der Waals surface area (Å²) in [6, 6.07) is 3.78. The summed E-state index contributed by atoms with van der Waals surface area (Å²) < 4.78 is 21.5. The fourth-order valence-corrected chi connectivity index (χ4v) is 5.11. The molecule has 0 radical (unpaired) electrons. The fraction of sp³-hybridized carbons (Fsp3) is 0.714. The molecule has 1 spiro atoms. The first-order valence-corrected chi connectivity index (χ1v) is 11.6. The van der Waals surface area contributed by atoms with E-state index in [1.807, 2.05) is 53.7 Å². The zero-order chi connectivity index (χ0) is 22.3. The van der Waals surface area contributed by atoms with Gasteiger partial charge < -0.3 is 15.1 Å². The van der Waals surface area contributed by atoms with E-state index in [1.54, 1.807) is 4.90 Å². The summed E-state index contributed by atoms with van der Waals surface area (Å²) >= 11 is 0. The van der Waals surface area contributed by atoms with Crippen LogP contribution in [0.1, 0.15) is 71.7 Å². The Morgan fingerprint density at radius 2 is 1.87 bits per heavy atom. The molecule has 0 aromatic carbocycles. The van der Waals surface area contributed by atoms with Gasteiger partial charge in [0.05, 0.1) is 21.8 Å². The molecular weight excluding hydrogens is 402 g/mol. The number of anilines is 1. The van der Waals surface area contributed by atoms with Gasteiger partial charge in [-0.2, -0.15) is 0 Å². The number of likely N-dealkylation sites (tertiary alicyclic amines) is 1. The van der Waals surface area contributed by atoms with Crippen molar-refractivity contribution in [2.75, 3.05) is 18.5 Å². The second-order valence-corrected chi connectivity index (χ2v) is 12.3. The maximum absolute atomic E-state index is 13.0. The molecule has 1 amide bonds. The van der Waals surface area contributed by atoms with Crippen LogP contribution in [-0.2, 0) is 22.1 Å². The van der Waals surface area contributed by atoms with E-state index in [9.17, 15) is 9.00 Å². The van der Waals surface area contributed by atoms with Gasteiger partial charge in [0.2, 0.25) is 0 Å². The number of hydrazine groups is 1. The maximum atomic E-state index is 13.0. The Morgan fingerprint density at radius 1 is 1.23 bits per heavy atom. The molecule has 1 aliphatic heterocycles. The molecule has 1 fully saturated rings. The molecule has 4 N–H and O–H groups in total. The van der Waals surface area contributed by atoms with Gasteiger partial charge in [-0.25, -0.2) is 24.6 Å². The highest BCUT2D eigenvalue weighted by Gasteiger charge is 2.50. The summed E-state index contributed by atoms with van der Waals surface area (Å²) in [4.78, 5) is 19.0. The van der Waals surface area contributed by atoms with Crippen LogP contribution in [0.4, 0.5) is 10.6 Å². The third kappa shape index (κ3) is 4.78. The van der Waals surface area contributed by atoms with Crippen LogP contribution >= 0.6 is 0 Å². The number of ether oxygens (including phenoxy) is 1. The van der Waals surface area contributed by atoms with E-state index >= 15 is 0 Å². The fourth-order valence-electron chi connectivity index (χ4n) is 4.16. The molecule has 1 unspecified atom stereocenters. The normalized spacial score (nSPS) is 22.0. The number of amides is 1. The SMILES string of the molecule is CC(C)(C)OC(=O)N1CCC2(CC1)Cc1nc(NN)ccc1[C@H]2NS(=O)C(C)(C)C. The Morgan fingerprint density at radius 3 is 2.40 bits per heavy atom. The summed E-state index contributed by atoms with van der Waals surface area (Å²) in [5.41, 5.74) is 3.98.